The SMILES string of the molecule is CC(C)C1CCCCC1.CC(C)N1CCC(O)CC1. The fraction of sp³-hybridized carbons (Fsp3) is 1.00. The van der Waals surface area contributed by atoms with Crippen LogP contribution in [0.5, 0.6) is 0 Å². The molecule has 19 heavy (non-hydrogen) atoms. The molecule has 2 heteroatoms. The van der Waals surface area contributed by atoms with Gasteiger partial charge >= 0.3 is 0 Å². The fourth-order valence-corrected chi connectivity index (χ4v) is 3.20. The first-order valence-electron chi connectivity index (χ1n) is 8.42. The highest BCUT2D eigenvalue weighted by molar-refractivity contribution is 4.73. The summed E-state index contributed by atoms with van der Waals surface area (Å²) in [5.74, 6) is 1.99. The van der Waals surface area contributed by atoms with Crippen LogP contribution in [0.15, 0.2) is 0 Å². The van der Waals surface area contributed by atoms with Gasteiger partial charge in [0.2, 0.25) is 0 Å². The molecule has 1 aliphatic heterocycles. The summed E-state index contributed by atoms with van der Waals surface area (Å²) in [5.41, 5.74) is 0. The van der Waals surface area contributed by atoms with Crippen molar-refractivity contribution < 1.29 is 5.11 Å². The van der Waals surface area contributed by atoms with E-state index in [0.717, 1.165) is 37.8 Å². The zero-order valence-corrected chi connectivity index (χ0v) is 13.6. The van der Waals surface area contributed by atoms with Crippen molar-refractivity contribution in [2.75, 3.05) is 13.1 Å². The number of nitrogens with zero attached hydrogens (tertiary/aromatic N) is 1. The minimum Gasteiger partial charge on any atom is -0.393 e. The van der Waals surface area contributed by atoms with Gasteiger partial charge in [0.25, 0.3) is 0 Å². The molecule has 114 valence electrons. The van der Waals surface area contributed by atoms with Crippen molar-refractivity contribution in [1.29, 1.82) is 0 Å². The summed E-state index contributed by atoms with van der Waals surface area (Å²) in [5, 5.41) is 9.18. The van der Waals surface area contributed by atoms with E-state index in [1.165, 1.54) is 32.1 Å². The van der Waals surface area contributed by atoms with Gasteiger partial charge < -0.3 is 10.0 Å². The lowest BCUT2D eigenvalue weighted by Crippen LogP contribution is -2.39. The van der Waals surface area contributed by atoms with Crippen molar-refractivity contribution in [3.05, 3.63) is 0 Å². The maximum atomic E-state index is 9.18. The van der Waals surface area contributed by atoms with Crippen LogP contribution >= 0.6 is 0 Å². The highest BCUT2D eigenvalue weighted by atomic mass is 16.3. The molecule has 0 aromatic rings. The van der Waals surface area contributed by atoms with Crippen LogP contribution in [-0.2, 0) is 0 Å². The monoisotopic (exact) mass is 269 g/mol. The number of aliphatic hydroxyl groups is 1. The quantitative estimate of drug-likeness (QED) is 0.816. The molecule has 1 saturated heterocycles. The van der Waals surface area contributed by atoms with Gasteiger partial charge in [-0.3, -0.25) is 0 Å². The van der Waals surface area contributed by atoms with Crippen molar-refractivity contribution in [1.82, 2.24) is 4.90 Å². The van der Waals surface area contributed by atoms with E-state index in [2.05, 4.69) is 32.6 Å². The molecule has 2 nitrogen and oxygen atoms in total. The van der Waals surface area contributed by atoms with Crippen LogP contribution in [0.2, 0.25) is 0 Å². The Balaban J connectivity index is 0.000000191. The first-order valence-corrected chi connectivity index (χ1v) is 8.42. The molecule has 0 aromatic carbocycles. The summed E-state index contributed by atoms with van der Waals surface area (Å²) < 4.78 is 0. The molecule has 0 radical (unpaired) electrons. The molecule has 0 aromatic heterocycles. The zero-order chi connectivity index (χ0) is 14.3. The largest absolute Gasteiger partial charge is 0.393 e. The Morgan fingerprint density at radius 3 is 1.74 bits per heavy atom. The lowest BCUT2D eigenvalue weighted by molar-refractivity contribution is 0.0685. The molecule has 1 N–H and O–H groups in total. The topological polar surface area (TPSA) is 23.5 Å². The van der Waals surface area contributed by atoms with Crippen LogP contribution in [-0.4, -0.2) is 35.2 Å². The Labute approximate surface area is 120 Å². The lowest BCUT2D eigenvalue weighted by atomic mass is 9.82. The molecule has 0 spiro atoms. The van der Waals surface area contributed by atoms with Crippen molar-refractivity contribution in [2.24, 2.45) is 11.8 Å². The summed E-state index contributed by atoms with van der Waals surface area (Å²) in [6.45, 7) is 11.3. The number of rotatable bonds is 2. The molecule has 0 unspecified atom stereocenters. The number of aliphatic hydroxyl groups excluding tert-OH is 1. The third-order valence-corrected chi connectivity index (χ3v) is 4.82. The van der Waals surface area contributed by atoms with Crippen molar-refractivity contribution in [2.45, 2.75) is 84.8 Å². The maximum Gasteiger partial charge on any atom is 0.0564 e. The first kappa shape index (κ1) is 17.0. The van der Waals surface area contributed by atoms with Crippen LogP contribution in [0.3, 0.4) is 0 Å². The molecule has 1 heterocycles. The van der Waals surface area contributed by atoms with Gasteiger partial charge in [0.15, 0.2) is 0 Å². The molecular weight excluding hydrogens is 234 g/mol. The average molecular weight is 269 g/mol. The van der Waals surface area contributed by atoms with Gasteiger partial charge in [0.05, 0.1) is 6.10 Å². The van der Waals surface area contributed by atoms with Crippen molar-refractivity contribution in [3.8, 4) is 0 Å². The lowest BCUT2D eigenvalue weighted by Gasteiger charge is -2.32. The van der Waals surface area contributed by atoms with Gasteiger partial charge in [-0.15, -0.1) is 0 Å². The molecule has 2 aliphatic rings. The number of hydrogen-bond acceptors (Lipinski definition) is 2. The third-order valence-electron chi connectivity index (χ3n) is 4.82. The average Bonchev–Trinajstić information content (AvgIpc) is 2.41. The van der Waals surface area contributed by atoms with Gasteiger partial charge in [-0.1, -0.05) is 46.0 Å². The molecule has 2 fully saturated rings. The van der Waals surface area contributed by atoms with Crippen LogP contribution in [0, 0.1) is 11.8 Å². The molecular formula is C17H35NO. The maximum absolute atomic E-state index is 9.18. The highest BCUT2D eigenvalue weighted by Gasteiger charge is 2.18. The van der Waals surface area contributed by atoms with Gasteiger partial charge in [-0.25, -0.2) is 0 Å². The molecule has 0 atom stereocenters. The van der Waals surface area contributed by atoms with Crippen molar-refractivity contribution >= 4 is 0 Å². The van der Waals surface area contributed by atoms with Crippen LogP contribution in [0.1, 0.15) is 72.6 Å². The predicted molar refractivity (Wildman–Crippen MR) is 83.4 cm³/mol. The standard InChI is InChI=1S/C9H18.C8H17NO/c1-8(2)9-6-4-3-5-7-9;1-7(2)9-5-3-8(10)4-6-9/h8-9H,3-7H2,1-2H3;7-8,10H,3-6H2,1-2H3. The van der Waals surface area contributed by atoms with Crippen LogP contribution < -0.4 is 0 Å². The minimum absolute atomic E-state index is 0.0324. The van der Waals surface area contributed by atoms with Gasteiger partial charge in [0, 0.05) is 19.1 Å². The Kier molecular flexibility index (Phi) is 8.01. The third kappa shape index (κ3) is 6.76. The Hall–Kier alpha value is -0.0800. The van der Waals surface area contributed by atoms with E-state index in [4.69, 9.17) is 0 Å². The summed E-state index contributed by atoms with van der Waals surface area (Å²) in [7, 11) is 0. The highest BCUT2D eigenvalue weighted by Crippen LogP contribution is 2.29. The smallest absolute Gasteiger partial charge is 0.0564 e. The van der Waals surface area contributed by atoms with Gasteiger partial charge in [-0.05, 0) is 38.5 Å². The first-order chi connectivity index (χ1) is 9.00. The summed E-state index contributed by atoms with van der Waals surface area (Å²) in [4.78, 5) is 2.41. The van der Waals surface area contributed by atoms with Gasteiger partial charge in [0.1, 0.15) is 0 Å². The van der Waals surface area contributed by atoms with E-state index < -0.39 is 0 Å². The van der Waals surface area contributed by atoms with E-state index in [0.29, 0.717) is 6.04 Å². The van der Waals surface area contributed by atoms with Crippen molar-refractivity contribution in [3.63, 3.8) is 0 Å². The second kappa shape index (κ2) is 8.97. The number of hydrogen-bond donors (Lipinski definition) is 1. The second-order valence-corrected chi connectivity index (χ2v) is 7.00. The van der Waals surface area contributed by atoms with E-state index in [-0.39, 0.29) is 6.10 Å². The second-order valence-electron chi connectivity index (χ2n) is 7.00. The Morgan fingerprint density at radius 2 is 1.37 bits per heavy atom. The molecule has 0 amide bonds. The molecule has 1 aliphatic carbocycles. The van der Waals surface area contributed by atoms with Crippen LogP contribution in [0.25, 0.3) is 0 Å². The van der Waals surface area contributed by atoms with E-state index in [1.807, 2.05) is 0 Å². The van der Waals surface area contributed by atoms with Crippen LogP contribution in [0.4, 0.5) is 0 Å². The molecule has 0 bridgehead atoms. The van der Waals surface area contributed by atoms with Gasteiger partial charge in [-0.2, -0.15) is 0 Å². The summed E-state index contributed by atoms with van der Waals surface area (Å²) in [6.07, 6.45) is 9.34. The summed E-state index contributed by atoms with van der Waals surface area (Å²) in [6, 6.07) is 0.646. The Bertz CT molecular complexity index is 213. The fourth-order valence-electron chi connectivity index (χ4n) is 3.20. The Morgan fingerprint density at radius 1 is 0.842 bits per heavy atom. The van der Waals surface area contributed by atoms with E-state index >= 15 is 0 Å². The zero-order valence-electron chi connectivity index (χ0n) is 13.6. The van der Waals surface area contributed by atoms with E-state index in [1.54, 1.807) is 0 Å². The molecule has 2 rings (SSSR count). The normalized spacial score (nSPS) is 23.5. The number of piperidine rings is 1. The van der Waals surface area contributed by atoms with E-state index in [9.17, 15) is 5.11 Å². The summed E-state index contributed by atoms with van der Waals surface area (Å²) >= 11 is 0. The number of likely N-dealkylation sites (tertiary alicyclic amines) is 1. The molecule has 1 saturated carbocycles. The predicted octanol–water partition coefficient (Wildman–Crippen LogP) is 4.07. The minimum atomic E-state index is -0.0324.